The third-order valence-electron chi connectivity index (χ3n) is 4.85. The maximum absolute atomic E-state index is 10.2. The van der Waals surface area contributed by atoms with Crippen LogP contribution >= 0.6 is 0 Å². The standard InChI is InChI=1S/C15H28O10/c1-3-6-7(4-16)23-15(11(20)9(6)18)25-13-8(5-17)24-14(22-2)12(21)10(13)19/h6-21H,3-5H2,1-2H3/t6-,7?,8-,9+,10?,11?,12?,13-,14-,15+/m0/s1. The van der Waals surface area contributed by atoms with Gasteiger partial charge in [-0.25, -0.2) is 0 Å². The van der Waals surface area contributed by atoms with Crippen LogP contribution in [0.4, 0.5) is 0 Å². The number of aliphatic hydroxyl groups is 6. The van der Waals surface area contributed by atoms with Gasteiger partial charge in [-0.1, -0.05) is 6.92 Å². The topological polar surface area (TPSA) is 158 Å². The van der Waals surface area contributed by atoms with Crippen molar-refractivity contribution in [1.29, 1.82) is 0 Å². The van der Waals surface area contributed by atoms with E-state index in [9.17, 15) is 30.6 Å². The molecule has 148 valence electrons. The van der Waals surface area contributed by atoms with E-state index in [4.69, 9.17) is 18.9 Å². The van der Waals surface area contributed by atoms with Crippen LogP contribution < -0.4 is 0 Å². The van der Waals surface area contributed by atoms with Crippen molar-refractivity contribution in [2.45, 2.75) is 68.7 Å². The molecule has 6 N–H and O–H groups in total. The van der Waals surface area contributed by atoms with Crippen LogP contribution in [0.1, 0.15) is 13.3 Å². The van der Waals surface area contributed by atoms with Crippen LogP contribution in [-0.4, -0.2) is 106 Å². The number of methoxy groups -OCH3 is 1. The molecule has 2 heterocycles. The maximum atomic E-state index is 10.2. The Balaban J connectivity index is 2.13. The van der Waals surface area contributed by atoms with E-state index in [1.807, 2.05) is 0 Å². The van der Waals surface area contributed by atoms with Crippen LogP contribution in [0, 0.1) is 5.92 Å². The second-order valence-corrected chi connectivity index (χ2v) is 6.32. The summed E-state index contributed by atoms with van der Waals surface area (Å²) < 4.78 is 21.3. The quantitative estimate of drug-likeness (QED) is 0.284. The molecule has 0 aliphatic carbocycles. The zero-order chi connectivity index (χ0) is 18.7. The summed E-state index contributed by atoms with van der Waals surface area (Å²) in [5.41, 5.74) is 0. The molecule has 2 rings (SSSR count). The molecule has 2 aliphatic rings. The number of rotatable bonds is 6. The summed E-state index contributed by atoms with van der Waals surface area (Å²) in [6.07, 6.45) is -10.7. The average Bonchev–Trinajstić information content (AvgIpc) is 2.62. The molecular formula is C15H28O10. The molecule has 0 spiro atoms. The number of ether oxygens (including phenoxy) is 4. The lowest BCUT2D eigenvalue weighted by Crippen LogP contribution is -2.63. The van der Waals surface area contributed by atoms with Gasteiger partial charge in [0, 0.05) is 13.0 Å². The first-order valence-corrected chi connectivity index (χ1v) is 8.32. The predicted molar refractivity (Wildman–Crippen MR) is 81.2 cm³/mol. The van der Waals surface area contributed by atoms with E-state index in [-0.39, 0.29) is 6.61 Å². The second kappa shape index (κ2) is 9.00. The monoisotopic (exact) mass is 368 g/mol. The van der Waals surface area contributed by atoms with Gasteiger partial charge in [0.15, 0.2) is 12.6 Å². The van der Waals surface area contributed by atoms with Crippen molar-refractivity contribution in [2.75, 3.05) is 20.3 Å². The lowest BCUT2D eigenvalue weighted by atomic mass is 9.87. The van der Waals surface area contributed by atoms with Gasteiger partial charge in [-0.05, 0) is 6.42 Å². The predicted octanol–water partition coefficient (Wildman–Crippen LogP) is -3.08. The zero-order valence-corrected chi connectivity index (χ0v) is 14.2. The molecule has 10 nitrogen and oxygen atoms in total. The normalized spacial score (nSPS) is 48.5. The van der Waals surface area contributed by atoms with Gasteiger partial charge in [0.1, 0.15) is 30.5 Å². The fraction of sp³-hybridized carbons (Fsp3) is 1.00. The van der Waals surface area contributed by atoms with Crippen LogP contribution in [0.15, 0.2) is 0 Å². The highest BCUT2D eigenvalue weighted by Gasteiger charge is 2.50. The van der Waals surface area contributed by atoms with Gasteiger partial charge in [-0.15, -0.1) is 0 Å². The molecule has 0 aromatic carbocycles. The highest BCUT2D eigenvalue weighted by Crippen LogP contribution is 2.32. The molecule has 25 heavy (non-hydrogen) atoms. The molecule has 10 atom stereocenters. The van der Waals surface area contributed by atoms with Crippen LogP contribution in [0.5, 0.6) is 0 Å². The first-order valence-electron chi connectivity index (χ1n) is 8.32. The third-order valence-corrected chi connectivity index (χ3v) is 4.85. The summed E-state index contributed by atoms with van der Waals surface area (Å²) in [7, 11) is 1.28. The van der Waals surface area contributed by atoms with Gasteiger partial charge in [-0.3, -0.25) is 0 Å². The second-order valence-electron chi connectivity index (χ2n) is 6.32. The highest BCUT2D eigenvalue weighted by atomic mass is 16.7. The van der Waals surface area contributed by atoms with Crippen LogP contribution in [-0.2, 0) is 18.9 Å². The molecule has 0 radical (unpaired) electrons. The van der Waals surface area contributed by atoms with Crippen molar-refractivity contribution in [3.63, 3.8) is 0 Å². The van der Waals surface area contributed by atoms with E-state index >= 15 is 0 Å². The van der Waals surface area contributed by atoms with E-state index in [2.05, 4.69) is 0 Å². The summed E-state index contributed by atoms with van der Waals surface area (Å²) >= 11 is 0. The lowest BCUT2D eigenvalue weighted by Gasteiger charge is -2.46. The van der Waals surface area contributed by atoms with E-state index < -0.39 is 67.8 Å². The van der Waals surface area contributed by atoms with Gasteiger partial charge < -0.3 is 49.6 Å². The van der Waals surface area contributed by atoms with Crippen molar-refractivity contribution in [3.8, 4) is 0 Å². The molecular weight excluding hydrogens is 340 g/mol. The fourth-order valence-electron chi connectivity index (χ4n) is 3.35. The fourth-order valence-corrected chi connectivity index (χ4v) is 3.35. The SMILES string of the molecule is CC[C@H]1C(CO)O[C@H](O[C@@H]2C(O)C(O)[C@@H](OC)O[C@H]2CO)C(O)[C@@H]1O. The first-order chi connectivity index (χ1) is 11.9. The summed E-state index contributed by atoms with van der Waals surface area (Å²) in [4.78, 5) is 0. The molecule has 4 unspecified atom stereocenters. The van der Waals surface area contributed by atoms with Crippen molar-refractivity contribution >= 4 is 0 Å². The van der Waals surface area contributed by atoms with Crippen LogP contribution in [0.2, 0.25) is 0 Å². The summed E-state index contributed by atoms with van der Waals surface area (Å²) in [6, 6.07) is 0. The molecule has 0 aromatic heterocycles. The minimum atomic E-state index is -1.49. The summed E-state index contributed by atoms with van der Waals surface area (Å²) in [5, 5.41) is 59.6. The Morgan fingerprint density at radius 3 is 1.88 bits per heavy atom. The molecule has 2 fully saturated rings. The first kappa shape index (κ1) is 20.9. The Bertz CT molecular complexity index is 406. The van der Waals surface area contributed by atoms with Gasteiger partial charge >= 0.3 is 0 Å². The number of hydrogen-bond acceptors (Lipinski definition) is 10. The van der Waals surface area contributed by atoms with E-state index in [1.54, 1.807) is 6.92 Å². The Hall–Kier alpha value is -0.400. The third kappa shape index (κ3) is 4.14. The van der Waals surface area contributed by atoms with E-state index in [1.165, 1.54) is 7.11 Å². The largest absolute Gasteiger partial charge is 0.394 e. The smallest absolute Gasteiger partial charge is 0.187 e. The molecule has 0 saturated carbocycles. The van der Waals surface area contributed by atoms with E-state index in [0.717, 1.165) is 0 Å². The molecule has 0 amide bonds. The Morgan fingerprint density at radius 2 is 1.36 bits per heavy atom. The summed E-state index contributed by atoms with van der Waals surface area (Å²) in [5.74, 6) is -0.482. The molecule has 10 heteroatoms. The minimum Gasteiger partial charge on any atom is -0.394 e. The molecule has 2 saturated heterocycles. The van der Waals surface area contributed by atoms with Gasteiger partial charge in [0.25, 0.3) is 0 Å². The Kier molecular flexibility index (Phi) is 7.52. The van der Waals surface area contributed by atoms with Crippen molar-refractivity contribution in [3.05, 3.63) is 0 Å². The van der Waals surface area contributed by atoms with E-state index in [0.29, 0.717) is 6.42 Å². The lowest BCUT2D eigenvalue weighted by molar-refractivity contribution is -0.354. The van der Waals surface area contributed by atoms with Gasteiger partial charge in [-0.2, -0.15) is 0 Å². The summed E-state index contributed by atoms with van der Waals surface area (Å²) in [6.45, 7) is 0.861. The molecule has 0 aromatic rings. The maximum Gasteiger partial charge on any atom is 0.187 e. The van der Waals surface area contributed by atoms with Gasteiger partial charge in [0.2, 0.25) is 0 Å². The average molecular weight is 368 g/mol. The highest BCUT2D eigenvalue weighted by molar-refractivity contribution is 4.93. The zero-order valence-electron chi connectivity index (χ0n) is 14.2. The number of hydrogen-bond donors (Lipinski definition) is 6. The van der Waals surface area contributed by atoms with Gasteiger partial charge in [0.05, 0.1) is 25.4 Å². The molecule has 0 bridgehead atoms. The molecule has 2 aliphatic heterocycles. The minimum absolute atomic E-state index is 0.385. The van der Waals surface area contributed by atoms with Crippen molar-refractivity contribution in [2.24, 2.45) is 5.92 Å². The van der Waals surface area contributed by atoms with Crippen LogP contribution in [0.25, 0.3) is 0 Å². The van der Waals surface area contributed by atoms with Crippen molar-refractivity contribution in [1.82, 2.24) is 0 Å². The Morgan fingerprint density at radius 1 is 0.800 bits per heavy atom. The number of aliphatic hydroxyl groups excluding tert-OH is 6. The van der Waals surface area contributed by atoms with Crippen molar-refractivity contribution < 1.29 is 49.6 Å². The Labute approximate surface area is 145 Å². The van der Waals surface area contributed by atoms with Crippen LogP contribution in [0.3, 0.4) is 0 Å².